The summed E-state index contributed by atoms with van der Waals surface area (Å²) >= 11 is 0. The average Bonchev–Trinajstić information content (AvgIpc) is 2.63. The standard InChI is InChI=1S/C19H30F2N4O.HI/c1-15-6-3-4-7-17(15)26-13-5-10-23-19(22-2)24-16-8-11-25(12-9-16)14-18(20)21;/h3-4,6-7,16,18H,5,8-14H2,1-2H3,(H2,22,23,24);1H. The summed E-state index contributed by atoms with van der Waals surface area (Å²) in [5.74, 6) is 1.68. The van der Waals surface area contributed by atoms with Gasteiger partial charge in [0.05, 0.1) is 13.2 Å². The van der Waals surface area contributed by atoms with Crippen molar-refractivity contribution in [2.45, 2.75) is 38.7 Å². The highest BCUT2D eigenvalue weighted by atomic mass is 127. The van der Waals surface area contributed by atoms with E-state index in [9.17, 15) is 8.78 Å². The van der Waals surface area contributed by atoms with Gasteiger partial charge in [-0.3, -0.25) is 9.89 Å². The van der Waals surface area contributed by atoms with E-state index in [0.29, 0.717) is 19.7 Å². The van der Waals surface area contributed by atoms with Crippen LogP contribution in [-0.4, -0.2) is 63.2 Å². The molecule has 27 heavy (non-hydrogen) atoms. The first-order valence-electron chi connectivity index (χ1n) is 9.24. The van der Waals surface area contributed by atoms with Gasteiger partial charge < -0.3 is 15.4 Å². The molecule has 0 saturated carbocycles. The van der Waals surface area contributed by atoms with Gasteiger partial charge in [0, 0.05) is 32.7 Å². The van der Waals surface area contributed by atoms with Crippen molar-refractivity contribution in [1.29, 1.82) is 0 Å². The molecule has 0 aliphatic carbocycles. The maximum Gasteiger partial charge on any atom is 0.251 e. The Morgan fingerprint density at radius 2 is 2.00 bits per heavy atom. The fourth-order valence-electron chi connectivity index (χ4n) is 3.02. The van der Waals surface area contributed by atoms with Gasteiger partial charge in [0.25, 0.3) is 6.43 Å². The molecular formula is C19H31F2IN4O. The van der Waals surface area contributed by atoms with Gasteiger partial charge in [0.15, 0.2) is 5.96 Å². The van der Waals surface area contributed by atoms with Gasteiger partial charge in [0.2, 0.25) is 0 Å². The topological polar surface area (TPSA) is 48.9 Å². The number of hydrogen-bond acceptors (Lipinski definition) is 3. The number of para-hydroxylation sites is 1. The molecule has 1 aromatic rings. The van der Waals surface area contributed by atoms with Crippen molar-refractivity contribution in [3.63, 3.8) is 0 Å². The molecular weight excluding hydrogens is 465 g/mol. The highest BCUT2D eigenvalue weighted by molar-refractivity contribution is 14.0. The van der Waals surface area contributed by atoms with E-state index < -0.39 is 6.43 Å². The van der Waals surface area contributed by atoms with E-state index in [0.717, 1.165) is 43.1 Å². The number of piperidine rings is 1. The molecule has 5 nitrogen and oxygen atoms in total. The number of hydrogen-bond donors (Lipinski definition) is 2. The highest BCUT2D eigenvalue weighted by Crippen LogP contribution is 2.16. The smallest absolute Gasteiger partial charge is 0.251 e. The summed E-state index contributed by atoms with van der Waals surface area (Å²) < 4.78 is 30.6. The molecule has 2 N–H and O–H groups in total. The Morgan fingerprint density at radius 3 is 2.63 bits per heavy atom. The molecule has 8 heteroatoms. The predicted molar refractivity (Wildman–Crippen MR) is 117 cm³/mol. The second-order valence-electron chi connectivity index (χ2n) is 6.58. The van der Waals surface area contributed by atoms with Crippen LogP contribution in [0, 0.1) is 6.92 Å². The second kappa shape index (κ2) is 13.1. The Bertz CT molecular complexity index is 566. The Balaban J connectivity index is 0.00000364. The van der Waals surface area contributed by atoms with Gasteiger partial charge in [-0.1, -0.05) is 18.2 Å². The van der Waals surface area contributed by atoms with E-state index in [1.165, 1.54) is 0 Å². The summed E-state index contributed by atoms with van der Waals surface area (Å²) in [7, 11) is 1.74. The van der Waals surface area contributed by atoms with Crippen molar-refractivity contribution < 1.29 is 13.5 Å². The van der Waals surface area contributed by atoms with Crippen LogP contribution >= 0.6 is 24.0 Å². The summed E-state index contributed by atoms with van der Waals surface area (Å²) in [6, 6.07) is 8.25. The number of aryl methyl sites for hydroxylation is 1. The number of benzene rings is 1. The molecule has 1 aliphatic heterocycles. The number of ether oxygens (including phenoxy) is 1. The van der Waals surface area contributed by atoms with Gasteiger partial charge in [-0.05, 0) is 37.8 Å². The zero-order chi connectivity index (χ0) is 18.8. The van der Waals surface area contributed by atoms with E-state index in [1.54, 1.807) is 7.05 Å². The van der Waals surface area contributed by atoms with Crippen LogP contribution in [0.3, 0.4) is 0 Å². The van der Waals surface area contributed by atoms with Crippen LogP contribution in [0.2, 0.25) is 0 Å². The minimum atomic E-state index is -2.25. The minimum Gasteiger partial charge on any atom is -0.493 e. The molecule has 0 amide bonds. The third-order valence-corrected chi connectivity index (χ3v) is 4.51. The Morgan fingerprint density at radius 1 is 1.30 bits per heavy atom. The van der Waals surface area contributed by atoms with Crippen molar-refractivity contribution in [2.75, 3.05) is 39.8 Å². The number of halogens is 3. The fourth-order valence-corrected chi connectivity index (χ4v) is 3.02. The van der Waals surface area contributed by atoms with Crippen LogP contribution < -0.4 is 15.4 Å². The molecule has 1 aromatic carbocycles. The molecule has 0 radical (unpaired) electrons. The van der Waals surface area contributed by atoms with Gasteiger partial charge in [0.1, 0.15) is 5.75 Å². The molecule has 0 spiro atoms. The van der Waals surface area contributed by atoms with Gasteiger partial charge in [-0.2, -0.15) is 0 Å². The minimum absolute atomic E-state index is 0. The van der Waals surface area contributed by atoms with E-state index >= 15 is 0 Å². The number of alkyl halides is 2. The number of rotatable bonds is 8. The molecule has 0 aromatic heterocycles. The van der Waals surface area contributed by atoms with Crippen molar-refractivity contribution >= 4 is 29.9 Å². The summed E-state index contributed by atoms with van der Waals surface area (Å²) in [5, 5.41) is 6.67. The number of likely N-dealkylation sites (tertiary alicyclic amines) is 1. The van der Waals surface area contributed by atoms with E-state index in [2.05, 4.69) is 15.6 Å². The molecule has 154 valence electrons. The zero-order valence-electron chi connectivity index (χ0n) is 16.1. The third kappa shape index (κ3) is 9.05. The first-order chi connectivity index (χ1) is 12.6. The van der Waals surface area contributed by atoms with Crippen LogP contribution in [0.15, 0.2) is 29.3 Å². The molecule has 0 bridgehead atoms. The van der Waals surface area contributed by atoms with Crippen molar-refractivity contribution in [1.82, 2.24) is 15.5 Å². The summed E-state index contributed by atoms with van der Waals surface area (Å²) in [5.41, 5.74) is 1.14. The van der Waals surface area contributed by atoms with E-state index in [1.807, 2.05) is 36.1 Å². The van der Waals surface area contributed by atoms with Crippen LogP contribution in [0.5, 0.6) is 5.75 Å². The number of guanidine groups is 1. The zero-order valence-corrected chi connectivity index (χ0v) is 18.4. The predicted octanol–water partition coefficient (Wildman–Crippen LogP) is 3.28. The Hall–Kier alpha value is -1.16. The first-order valence-corrected chi connectivity index (χ1v) is 9.24. The van der Waals surface area contributed by atoms with Crippen molar-refractivity contribution in [3.8, 4) is 5.75 Å². The van der Waals surface area contributed by atoms with Gasteiger partial charge >= 0.3 is 0 Å². The molecule has 1 fully saturated rings. The Kier molecular flexibility index (Phi) is 11.6. The van der Waals surface area contributed by atoms with Crippen molar-refractivity contribution in [2.24, 2.45) is 4.99 Å². The van der Waals surface area contributed by atoms with Crippen LogP contribution in [0.4, 0.5) is 8.78 Å². The summed E-state index contributed by atoms with van der Waals surface area (Å²) in [6.45, 7) is 4.70. The molecule has 0 atom stereocenters. The maximum absolute atomic E-state index is 12.4. The third-order valence-electron chi connectivity index (χ3n) is 4.51. The lowest BCUT2D eigenvalue weighted by Gasteiger charge is -2.32. The highest BCUT2D eigenvalue weighted by Gasteiger charge is 2.21. The van der Waals surface area contributed by atoms with Crippen LogP contribution in [0.1, 0.15) is 24.8 Å². The summed E-state index contributed by atoms with van der Waals surface area (Å²) in [6.07, 6.45) is 0.311. The van der Waals surface area contributed by atoms with E-state index in [4.69, 9.17) is 4.74 Å². The average molecular weight is 496 g/mol. The van der Waals surface area contributed by atoms with Crippen LogP contribution in [0.25, 0.3) is 0 Å². The summed E-state index contributed by atoms with van der Waals surface area (Å²) in [4.78, 5) is 6.06. The molecule has 1 saturated heterocycles. The first kappa shape index (κ1) is 23.9. The largest absolute Gasteiger partial charge is 0.493 e. The maximum atomic E-state index is 12.4. The van der Waals surface area contributed by atoms with E-state index in [-0.39, 0.29) is 36.6 Å². The number of aliphatic imine (C=N–C) groups is 1. The monoisotopic (exact) mass is 496 g/mol. The second-order valence-corrected chi connectivity index (χ2v) is 6.58. The van der Waals surface area contributed by atoms with Gasteiger partial charge in [-0.25, -0.2) is 8.78 Å². The normalized spacial score (nSPS) is 16.1. The quantitative estimate of drug-likeness (QED) is 0.251. The Labute approximate surface area is 178 Å². The molecule has 1 heterocycles. The number of nitrogens with zero attached hydrogens (tertiary/aromatic N) is 2. The fraction of sp³-hybridized carbons (Fsp3) is 0.632. The molecule has 0 unspecified atom stereocenters. The van der Waals surface area contributed by atoms with Crippen molar-refractivity contribution in [3.05, 3.63) is 29.8 Å². The van der Waals surface area contributed by atoms with Crippen LogP contribution in [-0.2, 0) is 0 Å². The lowest BCUT2D eigenvalue weighted by Crippen LogP contribution is -2.49. The SMILES string of the molecule is CN=C(NCCCOc1ccccc1C)NC1CCN(CC(F)F)CC1.I. The number of nitrogens with one attached hydrogen (secondary N) is 2. The van der Waals surface area contributed by atoms with Gasteiger partial charge in [-0.15, -0.1) is 24.0 Å². The lowest BCUT2D eigenvalue weighted by molar-refractivity contribution is 0.0744. The lowest BCUT2D eigenvalue weighted by atomic mass is 10.1. The molecule has 2 rings (SSSR count). The molecule has 1 aliphatic rings.